The Morgan fingerprint density at radius 2 is 1.45 bits per heavy atom. The summed E-state index contributed by atoms with van der Waals surface area (Å²) >= 11 is 3.56. The summed E-state index contributed by atoms with van der Waals surface area (Å²) in [6.45, 7) is 0. The van der Waals surface area contributed by atoms with Crippen LogP contribution in [0.2, 0.25) is 0 Å². The summed E-state index contributed by atoms with van der Waals surface area (Å²) in [7, 11) is 0. The Hall–Kier alpha value is -1.93. The van der Waals surface area contributed by atoms with Gasteiger partial charge in [0, 0.05) is 5.56 Å². The SMILES string of the molecule is O=C(c1ccccc1)C(Br)c1cccc2ccccc12. The van der Waals surface area contributed by atoms with Gasteiger partial charge in [-0.25, -0.2) is 0 Å². The molecule has 1 atom stereocenters. The van der Waals surface area contributed by atoms with E-state index in [4.69, 9.17) is 0 Å². The monoisotopic (exact) mass is 324 g/mol. The highest BCUT2D eigenvalue weighted by atomic mass is 79.9. The Morgan fingerprint density at radius 1 is 0.800 bits per heavy atom. The molecule has 1 unspecified atom stereocenters. The van der Waals surface area contributed by atoms with Gasteiger partial charge in [-0.15, -0.1) is 0 Å². The molecule has 0 bridgehead atoms. The van der Waals surface area contributed by atoms with Crippen LogP contribution in [-0.4, -0.2) is 5.78 Å². The van der Waals surface area contributed by atoms with E-state index in [9.17, 15) is 4.79 Å². The fourth-order valence-electron chi connectivity index (χ4n) is 2.36. The normalized spacial score (nSPS) is 12.2. The average molecular weight is 325 g/mol. The van der Waals surface area contributed by atoms with Crippen molar-refractivity contribution in [2.45, 2.75) is 4.83 Å². The van der Waals surface area contributed by atoms with Gasteiger partial charge in [-0.3, -0.25) is 4.79 Å². The fraction of sp³-hybridized carbons (Fsp3) is 0.0556. The third-order valence-electron chi connectivity index (χ3n) is 3.38. The van der Waals surface area contributed by atoms with Crippen LogP contribution in [0.4, 0.5) is 0 Å². The van der Waals surface area contributed by atoms with Crippen molar-refractivity contribution in [3.63, 3.8) is 0 Å². The molecule has 0 aliphatic carbocycles. The van der Waals surface area contributed by atoms with Crippen LogP contribution in [0.5, 0.6) is 0 Å². The van der Waals surface area contributed by atoms with Gasteiger partial charge in [0.2, 0.25) is 0 Å². The van der Waals surface area contributed by atoms with Crippen molar-refractivity contribution in [2.24, 2.45) is 0 Å². The lowest BCUT2D eigenvalue weighted by Crippen LogP contribution is -2.07. The number of hydrogen-bond acceptors (Lipinski definition) is 1. The van der Waals surface area contributed by atoms with Crippen molar-refractivity contribution in [1.82, 2.24) is 0 Å². The molecule has 0 aliphatic rings. The van der Waals surface area contributed by atoms with E-state index in [0.717, 1.165) is 21.9 Å². The van der Waals surface area contributed by atoms with Gasteiger partial charge < -0.3 is 0 Å². The molecule has 3 aromatic carbocycles. The van der Waals surface area contributed by atoms with Gasteiger partial charge in [-0.05, 0) is 16.3 Å². The number of fused-ring (bicyclic) bond motifs is 1. The first-order valence-corrected chi connectivity index (χ1v) is 7.40. The lowest BCUT2D eigenvalue weighted by atomic mass is 9.97. The number of hydrogen-bond donors (Lipinski definition) is 0. The van der Waals surface area contributed by atoms with Gasteiger partial charge in [0.1, 0.15) is 4.83 Å². The first kappa shape index (κ1) is 13.1. The van der Waals surface area contributed by atoms with Gasteiger partial charge in [0.05, 0.1) is 0 Å². The second kappa shape index (κ2) is 5.59. The van der Waals surface area contributed by atoms with E-state index in [2.05, 4.69) is 34.1 Å². The summed E-state index contributed by atoms with van der Waals surface area (Å²) in [5, 5.41) is 2.26. The molecule has 0 radical (unpaired) electrons. The minimum atomic E-state index is -0.323. The number of carbonyl (C=O) groups excluding carboxylic acids is 1. The van der Waals surface area contributed by atoms with Gasteiger partial charge in [-0.2, -0.15) is 0 Å². The fourth-order valence-corrected chi connectivity index (χ4v) is 3.03. The van der Waals surface area contributed by atoms with Crippen molar-refractivity contribution in [1.29, 1.82) is 0 Å². The van der Waals surface area contributed by atoms with Gasteiger partial charge >= 0.3 is 0 Å². The topological polar surface area (TPSA) is 17.1 Å². The predicted octanol–water partition coefficient (Wildman–Crippen LogP) is 5.16. The van der Waals surface area contributed by atoms with Crippen LogP contribution in [0.1, 0.15) is 20.7 Å². The Bertz CT molecular complexity index is 744. The second-order valence-corrected chi connectivity index (χ2v) is 5.58. The van der Waals surface area contributed by atoms with Gasteiger partial charge in [0.25, 0.3) is 0 Å². The van der Waals surface area contributed by atoms with Gasteiger partial charge in [0.15, 0.2) is 5.78 Å². The molecule has 0 saturated heterocycles. The molecule has 20 heavy (non-hydrogen) atoms. The maximum Gasteiger partial charge on any atom is 0.180 e. The minimum absolute atomic E-state index is 0.0851. The van der Waals surface area contributed by atoms with Crippen LogP contribution in [0.15, 0.2) is 72.8 Å². The molecule has 3 rings (SSSR count). The molecule has 0 aromatic heterocycles. The van der Waals surface area contributed by atoms with E-state index in [1.54, 1.807) is 0 Å². The van der Waals surface area contributed by atoms with Crippen molar-refractivity contribution in [2.75, 3.05) is 0 Å². The zero-order chi connectivity index (χ0) is 13.9. The highest BCUT2D eigenvalue weighted by Gasteiger charge is 2.20. The summed E-state index contributed by atoms with van der Waals surface area (Å²) in [6, 6.07) is 23.6. The summed E-state index contributed by atoms with van der Waals surface area (Å²) in [6.07, 6.45) is 0. The predicted molar refractivity (Wildman–Crippen MR) is 86.4 cm³/mol. The number of ketones is 1. The summed E-state index contributed by atoms with van der Waals surface area (Å²) in [4.78, 5) is 12.2. The molecule has 0 amide bonds. The average Bonchev–Trinajstić information content (AvgIpc) is 2.54. The molecule has 0 aliphatic heterocycles. The number of rotatable bonds is 3. The maximum absolute atomic E-state index is 12.5. The minimum Gasteiger partial charge on any atom is -0.293 e. The van der Waals surface area contributed by atoms with Crippen molar-refractivity contribution in [3.8, 4) is 0 Å². The summed E-state index contributed by atoms with van der Waals surface area (Å²) in [5.41, 5.74) is 1.74. The van der Waals surface area contributed by atoms with Crippen LogP contribution in [-0.2, 0) is 0 Å². The zero-order valence-electron chi connectivity index (χ0n) is 10.8. The van der Waals surface area contributed by atoms with Gasteiger partial charge in [-0.1, -0.05) is 88.7 Å². The lowest BCUT2D eigenvalue weighted by molar-refractivity contribution is 0.0992. The van der Waals surface area contributed by atoms with E-state index < -0.39 is 0 Å². The third-order valence-corrected chi connectivity index (χ3v) is 4.29. The number of benzene rings is 3. The summed E-state index contributed by atoms with van der Waals surface area (Å²) < 4.78 is 0. The van der Waals surface area contributed by atoms with Crippen molar-refractivity contribution < 1.29 is 4.79 Å². The molecule has 0 N–H and O–H groups in total. The quantitative estimate of drug-likeness (QED) is 0.480. The molecule has 0 saturated carbocycles. The van der Waals surface area contributed by atoms with Crippen LogP contribution >= 0.6 is 15.9 Å². The third kappa shape index (κ3) is 2.39. The number of carbonyl (C=O) groups is 1. The van der Waals surface area contributed by atoms with Crippen LogP contribution in [0.3, 0.4) is 0 Å². The van der Waals surface area contributed by atoms with E-state index in [0.29, 0.717) is 0 Å². The maximum atomic E-state index is 12.5. The van der Waals surface area contributed by atoms with E-state index >= 15 is 0 Å². The Balaban J connectivity index is 2.05. The largest absolute Gasteiger partial charge is 0.293 e. The van der Waals surface area contributed by atoms with Crippen LogP contribution in [0.25, 0.3) is 10.8 Å². The highest BCUT2D eigenvalue weighted by Crippen LogP contribution is 2.32. The van der Waals surface area contributed by atoms with Crippen LogP contribution in [0, 0.1) is 0 Å². The zero-order valence-corrected chi connectivity index (χ0v) is 12.4. The Morgan fingerprint density at radius 3 is 2.25 bits per heavy atom. The molecule has 0 heterocycles. The molecule has 0 spiro atoms. The second-order valence-electron chi connectivity index (χ2n) is 4.66. The molecule has 3 aromatic rings. The van der Waals surface area contributed by atoms with Crippen molar-refractivity contribution >= 4 is 32.5 Å². The molecule has 98 valence electrons. The van der Waals surface area contributed by atoms with E-state index in [-0.39, 0.29) is 10.6 Å². The number of alkyl halides is 1. The lowest BCUT2D eigenvalue weighted by Gasteiger charge is -2.12. The molecule has 1 nitrogen and oxygen atoms in total. The Kier molecular flexibility index (Phi) is 3.66. The van der Waals surface area contributed by atoms with Crippen LogP contribution < -0.4 is 0 Å². The number of Topliss-reactive ketones (excluding diaryl/α,β-unsaturated/α-hetero) is 1. The smallest absolute Gasteiger partial charge is 0.180 e. The number of halogens is 1. The van der Waals surface area contributed by atoms with Crippen molar-refractivity contribution in [3.05, 3.63) is 83.9 Å². The molecule has 2 heteroatoms. The van der Waals surface area contributed by atoms with E-state index in [1.807, 2.05) is 54.6 Å². The summed E-state index contributed by atoms with van der Waals surface area (Å²) in [5.74, 6) is 0.0851. The Labute approximate surface area is 126 Å². The molecular formula is C18H13BrO. The highest BCUT2D eigenvalue weighted by molar-refractivity contribution is 9.09. The molecular weight excluding hydrogens is 312 g/mol. The first-order chi connectivity index (χ1) is 9.77. The van der Waals surface area contributed by atoms with E-state index in [1.165, 1.54) is 0 Å². The molecule has 0 fully saturated rings. The first-order valence-electron chi connectivity index (χ1n) is 6.48. The standard InChI is InChI=1S/C18H13BrO/c19-17(18(20)14-8-2-1-3-9-14)16-12-6-10-13-7-4-5-11-15(13)16/h1-12,17H.